The van der Waals surface area contributed by atoms with Gasteiger partial charge in [0, 0.05) is 18.9 Å². The fraction of sp³-hybridized carbons (Fsp3) is 0.250. The topological polar surface area (TPSA) is 41.9 Å². The molecule has 4 nitrogen and oxygen atoms in total. The van der Waals surface area contributed by atoms with E-state index in [1.807, 2.05) is 36.4 Å². The second-order valence-corrected chi connectivity index (χ2v) is 6.69. The monoisotopic (exact) mass is 334 g/mol. The summed E-state index contributed by atoms with van der Waals surface area (Å²) in [4.78, 5) is 13.0. The fourth-order valence-electron chi connectivity index (χ4n) is 2.60. The van der Waals surface area contributed by atoms with E-state index in [0.29, 0.717) is 10.8 Å². The molecule has 22 heavy (non-hydrogen) atoms. The summed E-state index contributed by atoms with van der Waals surface area (Å²) in [6, 6.07) is 11.4. The standard InChI is InChI=1S/C16H15ClN2O2S/c1-10(20)19-13(11-5-3-4-6-14(11)21-2)9-12(18-19)15-7-8-16(17)22-15/h3-8,13H,9H2,1-2H3. The van der Waals surface area contributed by atoms with E-state index in [-0.39, 0.29) is 11.9 Å². The molecule has 0 saturated carbocycles. The Morgan fingerprint density at radius 3 is 2.77 bits per heavy atom. The van der Waals surface area contributed by atoms with Crippen molar-refractivity contribution in [2.24, 2.45) is 5.10 Å². The molecule has 1 aliphatic rings. The maximum atomic E-state index is 12.0. The average molecular weight is 335 g/mol. The summed E-state index contributed by atoms with van der Waals surface area (Å²) in [6.45, 7) is 1.52. The molecule has 2 aromatic rings. The van der Waals surface area contributed by atoms with E-state index in [4.69, 9.17) is 16.3 Å². The number of benzene rings is 1. The van der Waals surface area contributed by atoms with Crippen LogP contribution in [0.5, 0.6) is 5.75 Å². The number of carbonyl (C=O) groups is 1. The largest absolute Gasteiger partial charge is 0.496 e. The Kier molecular flexibility index (Phi) is 4.18. The van der Waals surface area contributed by atoms with Crippen molar-refractivity contribution in [1.29, 1.82) is 0 Å². The summed E-state index contributed by atoms with van der Waals surface area (Å²) in [5.74, 6) is 0.674. The zero-order valence-electron chi connectivity index (χ0n) is 12.2. The minimum atomic E-state index is -0.149. The number of hydrogen-bond acceptors (Lipinski definition) is 4. The van der Waals surface area contributed by atoms with Crippen LogP contribution in [0.25, 0.3) is 0 Å². The lowest BCUT2D eigenvalue weighted by Gasteiger charge is -2.22. The van der Waals surface area contributed by atoms with Gasteiger partial charge in [0.25, 0.3) is 0 Å². The van der Waals surface area contributed by atoms with Crippen LogP contribution in [0.15, 0.2) is 41.5 Å². The van der Waals surface area contributed by atoms with Crippen molar-refractivity contribution in [3.05, 3.63) is 51.2 Å². The summed E-state index contributed by atoms with van der Waals surface area (Å²) in [7, 11) is 1.63. The number of carbonyl (C=O) groups excluding carboxylic acids is 1. The van der Waals surface area contributed by atoms with E-state index in [0.717, 1.165) is 21.9 Å². The van der Waals surface area contributed by atoms with Crippen molar-refractivity contribution >= 4 is 34.6 Å². The van der Waals surface area contributed by atoms with Gasteiger partial charge in [0.05, 0.1) is 28.1 Å². The molecule has 1 atom stereocenters. The molecule has 2 heterocycles. The third-order valence-electron chi connectivity index (χ3n) is 3.59. The molecule has 0 saturated heterocycles. The maximum absolute atomic E-state index is 12.0. The number of hydrogen-bond donors (Lipinski definition) is 0. The summed E-state index contributed by atoms with van der Waals surface area (Å²) in [6.07, 6.45) is 0.650. The highest BCUT2D eigenvalue weighted by molar-refractivity contribution is 7.18. The van der Waals surface area contributed by atoms with E-state index in [1.54, 1.807) is 7.11 Å². The maximum Gasteiger partial charge on any atom is 0.240 e. The molecular weight excluding hydrogens is 320 g/mol. The highest BCUT2D eigenvalue weighted by Crippen LogP contribution is 2.38. The van der Waals surface area contributed by atoms with Crippen LogP contribution in [0.4, 0.5) is 0 Å². The van der Waals surface area contributed by atoms with Gasteiger partial charge in [-0.05, 0) is 18.2 Å². The van der Waals surface area contributed by atoms with Crippen LogP contribution in [0, 0.1) is 0 Å². The Morgan fingerprint density at radius 1 is 1.36 bits per heavy atom. The Labute approximate surface area is 138 Å². The third kappa shape index (κ3) is 2.74. The number of para-hydroxylation sites is 1. The van der Waals surface area contributed by atoms with Crippen molar-refractivity contribution in [3.63, 3.8) is 0 Å². The SMILES string of the molecule is COc1ccccc1C1CC(c2ccc(Cl)s2)=NN1C(C)=O. The molecule has 0 bridgehead atoms. The van der Waals surface area contributed by atoms with Crippen LogP contribution >= 0.6 is 22.9 Å². The molecule has 6 heteroatoms. The molecular formula is C16H15ClN2O2S. The highest BCUT2D eigenvalue weighted by atomic mass is 35.5. The zero-order valence-corrected chi connectivity index (χ0v) is 13.8. The van der Waals surface area contributed by atoms with E-state index < -0.39 is 0 Å². The number of ether oxygens (including phenoxy) is 1. The fourth-order valence-corrected chi connectivity index (χ4v) is 3.64. The predicted octanol–water partition coefficient (Wildman–Crippen LogP) is 4.11. The van der Waals surface area contributed by atoms with Gasteiger partial charge in [-0.15, -0.1) is 11.3 Å². The van der Waals surface area contributed by atoms with Gasteiger partial charge in [-0.1, -0.05) is 29.8 Å². The van der Waals surface area contributed by atoms with Crippen molar-refractivity contribution in [1.82, 2.24) is 5.01 Å². The lowest BCUT2D eigenvalue weighted by molar-refractivity contribution is -0.130. The van der Waals surface area contributed by atoms with Gasteiger partial charge in [-0.3, -0.25) is 4.79 Å². The average Bonchev–Trinajstić information content (AvgIpc) is 3.13. The minimum Gasteiger partial charge on any atom is -0.496 e. The molecule has 1 unspecified atom stereocenters. The van der Waals surface area contributed by atoms with Gasteiger partial charge in [0.1, 0.15) is 5.75 Å². The van der Waals surface area contributed by atoms with Crippen LogP contribution in [-0.4, -0.2) is 23.7 Å². The summed E-state index contributed by atoms with van der Waals surface area (Å²) >= 11 is 7.47. The minimum absolute atomic E-state index is 0.0893. The smallest absolute Gasteiger partial charge is 0.240 e. The number of hydrazone groups is 1. The molecule has 1 aliphatic heterocycles. The van der Waals surface area contributed by atoms with Crippen LogP contribution in [-0.2, 0) is 4.79 Å². The summed E-state index contributed by atoms with van der Waals surface area (Å²) < 4.78 is 6.14. The normalized spacial score (nSPS) is 17.5. The van der Waals surface area contributed by atoms with E-state index in [2.05, 4.69) is 5.10 Å². The molecule has 1 aromatic heterocycles. The third-order valence-corrected chi connectivity index (χ3v) is 4.87. The Bertz CT molecular complexity index is 741. The van der Waals surface area contributed by atoms with Gasteiger partial charge in [-0.2, -0.15) is 5.10 Å². The van der Waals surface area contributed by atoms with Gasteiger partial charge in [-0.25, -0.2) is 5.01 Å². The molecule has 0 spiro atoms. The number of thiophene rings is 1. The number of amides is 1. The van der Waals surface area contributed by atoms with Crippen molar-refractivity contribution in [2.45, 2.75) is 19.4 Å². The first kappa shape index (κ1) is 15.1. The van der Waals surface area contributed by atoms with Crippen molar-refractivity contribution in [2.75, 3.05) is 7.11 Å². The van der Waals surface area contributed by atoms with Crippen molar-refractivity contribution < 1.29 is 9.53 Å². The Balaban J connectivity index is 1.98. The molecule has 0 aliphatic carbocycles. The molecule has 114 valence electrons. The molecule has 0 fully saturated rings. The summed E-state index contributed by atoms with van der Waals surface area (Å²) in [5.41, 5.74) is 1.84. The lowest BCUT2D eigenvalue weighted by Crippen LogP contribution is -2.24. The second kappa shape index (κ2) is 6.10. The van der Waals surface area contributed by atoms with Gasteiger partial charge < -0.3 is 4.74 Å². The van der Waals surface area contributed by atoms with Gasteiger partial charge in [0.15, 0.2) is 0 Å². The predicted molar refractivity (Wildman–Crippen MR) is 88.7 cm³/mol. The lowest BCUT2D eigenvalue weighted by atomic mass is 10.00. The van der Waals surface area contributed by atoms with Crippen LogP contribution < -0.4 is 4.74 Å². The highest BCUT2D eigenvalue weighted by Gasteiger charge is 2.33. The quantitative estimate of drug-likeness (QED) is 0.847. The number of halogens is 1. The Morgan fingerprint density at radius 2 is 2.14 bits per heavy atom. The molecule has 0 radical (unpaired) electrons. The van der Waals surface area contributed by atoms with E-state index >= 15 is 0 Å². The number of rotatable bonds is 3. The molecule has 1 amide bonds. The van der Waals surface area contributed by atoms with E-state index in [1.165, 1.54) is 23.3 Å². The van der Waals surface area contributed by atoms with Crippen LogP contribution in [0.3, 0.4) is 0 Å². The molecule has 0 N–H and O–H groups in total. The summed E-state index contributed by atoms with van der Waals surface area (Å²) in [5, 5.41) is 6.03. The molecule has 3 rings (SSSR count). The van der Waals surface area contributed by atoms with Gasteiger partial charge >= 0.3 is 0 Å². The first-order chi connectivity index (χ1) is 10.6. The zero-order chi connectivity index (χ0) is 15.7. The second-order valence-electron chi connectivity index (χ2n) is 4.98. The first-order valence-electron chi connectivity index (χ1n) is 6.86. The first-order valence-corrected chi connectivity index (χ1v) is 8.05. The van der Waals surface area contributed by atoms with E-state index in [9.17, 15) is 4.79 Å². The van der Waals surface area contributed by atoms with Gasteiger partial charge in [0.2, 0.25) is 5.91 Å². The number of methoxy groups -OCH3 is 1. The van der Waals surface area contributed by atoms with Crippen LogP contribution in [0.2, 0.25) is 4.34 Å². The number of nitrogens with zero attached hydrogens (tertiary/aromatic N) is 2. The van der Waals surface area contributed by atoms with Crippen LogP contribution in [0.1, 0.15) is 29.8 Å². The Hall–Kier alpha value is -1.85. The van der Waals surface area contributed by atoms with Crippen molar-refractivity contribution in [3.8, 4) is 5.75 Å². The molecule has 1 aromatic carbocycles.